The van der Waals surface area contributed by atoms with Gasteiger partial charge in [0.15, 0.2) is 0 Å². The van der Waals surface area contributed by atoms with Crippen LogP contribution in [-0.4, -0.2) is 14.8 Å². The number of nitro benzene ring substituents is 1. The van der Waals surface area contributed by atoms with Gasteiger partial charge in [-0.1, -0.05) is 0 Å². The number of aromatic nitrogens is 1. The van der Waals surface area contributed by atoms with Crippen molar-refractivity contribution in [3.8, 4) is 11.6 Å². The van der Waals surface area contributed by atoms with E-state index in [2.05, 4.69) is 4.98 Å². The van der Waals surface area contributed by atoms with Crippen LogP contribution in [0.25, 0.3) is 0 Å². The van der Waals surface area contributed by atoms with Crippen molar-refractivity contribution in [2.45, 2.75) is 0 Å². The number of nitrogen functional groups attached to an aromatic ring is 1. The molecule has 21 heavy (non-hydrogen) atoms. The summed E-state index contributed by atoms with van der Waals surface area (Å²) in [4.78, 5) is 23.4. The molecule has 0 aliphatic carbocycles. The minimum Gasteiger partial charge on any atom is -0.432 e. The predicted molar refractivity (Wildman–Crippen MR) is 68.4 cm³/mol. The third-order valence-corrected chi connectivity index (χ3v) is 2.41. The largest absolute Gasteiger partial charge is 0.432 e. The van der Waals surface area contributed by atoms with Gasteiger partial charge in [-0.15, -0.1) is 0 Å². The van der Waals surface area contributed by atoms with Crippen LogP contribution < -0.4 is 10.5 Å². The Morgan fingerprint density at radius 2 is 1.76 bits per heavy atom. The predicted octanol–water partition coefficient (Wildman–Crippen LogP) is 2.41. The van der Waals surface area contributed by atoms with E-state index in [-0.39, 0.29) is 11.6 Å². The van der Waals surface area contributed by atoms with E-state index in [1.807, 2.05) is 0 Å². The molecule has 1 aromatic carbocycles. The van der Waals surface area contributed by atoms with Gasteiger partial charge in [-0.2, -0.15) is 4.98 Å². The molecule has 1 heterocycles. The Bertz CT molecular complexity index is 737. The Morgan fingerprint density at radius 3 is 2.33 bits per heavy atom. The molecule has 0 saturated carbocycles. The average molecular weight is 294 g/mol. The lowest BCUT2D eigenvalue weighted by molar-refractivity contribution is -0.385. The highest BCUT2D eigenvalue weighted by Gasteiger charge is 2.19. The lowest BCUT2D eigenvalue weighted by Gasteiger charge is -2.06. The van der Waals surface area contributed by atoms with Crippen molar-refractivity contribution >= 4 is 17.2 Å². The van der Waals surface area contributed by atoms with Crippen LogP contribution in [0.3, 0.4) is 0 Å². The summed E-state index contributed by atoms with van der Waals surface area (Å²) in [6.07, 6.45) is 0. The molecule has 0 amide bonds. The molecular formula is C11H7FN4O5. The lowest BCUT2D eigenvalue weighted by atomic mass is 10.3. The second-order valence-electron chi connectivity index (χ2n) is 3.78. The molecule has 0 saturated heterocycles. The van der Waals surface area contributed by atoms with Gasteiger partial charge in [0.2, 0.25) is 17.4 Å². The van der Waals surface area contributed by atoms with Crippen LogP contribution in [0, 0.1) is 26.0 Å². The maximum Gasteiger partial charge on any atom is 0.314 e. The number of nitro groups is 2. The summed E-state index contributed by atoms with van der Waals surface area (Å²) in [5.41, 5.74) is 4.35. The van der Waals surface area contributed by atoms with Gasteiger partial charge in [0.25, 0.3) is 0 Å². The maximum absolute atomic E-state index is 13.0. The summed E-state index contributed by atoms with van der Waals surface area (Å²) >= 11 is 0. The third kappa shape index (κ3) is 3.00. The molecule has 2 aromatic rings. The van der Waals surface area contributed by atoms with Crippen LogP contribution in [0.5, 0.6) is 11.6 Å². The van der Waals surface area contributed by atoms with Crippen molar-refractivity contribution in [3.05, 3.63) is 56.4 Å². The van der Waals surface area contributed by atoms with Gasteiger partial charge in [0.1, 0.15) is 5.82 Å². The molecular weight excluding hydrogens is 287 g/mol. The molecule has 108 valence electrons. The summed E-state index contributed by atoms with van der Waals surface area (Å²) in [5.74, 6) is -1.65. The van der Waals surface area contributed by atoms with Crippen LogP contribution in [0.4, 0.5) is 21.6 Å². The first kappa shape index (κ1) is 14.1. The van der Waals surface area contributed by atoms with Crippen molar-refractivity contribution in [1.82, 2.24) is 4.98 Å². The van der Waals surface area contributed by atoms with Gasteiger partial charge in [0.05, 0.1) is 15.9 Å². The molecule has 2 N–H and O–H groups in total. The van der Waals surface area contributed by atoms with Crippen molar-refractivity contribution in [2.24, 2.45) is 0 Å². The lowest BCUT2D eigenvalue weighted by Crippen LogP contribution is -2.00. The Balaban J connectivity index is 2.37. The fourth-order valence-electron chi connectivity index (χ4n) is 1.49. The summed E-state index contributed by atoms with van der Waals surface area (Å²) in [6, 6.07) is 4.88. The highest BCUT2D eigenvalue weighted by molar-refractivity contribution is 5.54. The molecule has 0 bridgehead atoms. The zero-order valence-corrected chi connectivity index (χ0v) is 10.2. The number of rotatable bonds is 4. The zero-order chi connectivity index (χ0) is 15.6. The third-order valence-electron chi connectivity index (χ3n) is 2.41. The van der Waals surface area contributed by atoms with Crippen molar-refractivity contribution in [1.29, 1.82) is 0 Å². The minimum atomic E-state index is -0.826. The fourth-order valence-corrected chi connectivity index (χ4v) is 1.49. The monoisotopic (exact) mass is 294 g/mol. The summed E-state index contributed by atoms with van der Waals surface area (Å²) < 4.78 is 18.1. The summed E-state index contributed by atoms with van der Waals surface area (Å²) in [6.45, 7) is 0. The molecule has 0 atom stereocenters. The number of ether oxygens (including phenoxy) is 1. The number of benzene rings is 1. The van der Waals surface area contributed by atoms with Gasteiger partial charge in [-0.25, -0.2) is 4.39 Å². The first-order valence-electron chi connectivity index (χ1n) is 5.41. The van der Waals surface area contributed by atoms with Gasteiger partial charge >= 0.3 is 11.4 Å². The molecule has 0 spiro atoms. The normalized spacial score (nSPS) is 10.1. The number of nitrogens with zero attached hydrogens (tertiary/aromatic N) is 3. The van der Waals surface area contributed by atoms with Crippen molar-refractivity contribution in [3.63, 3.8) is 0 Å². The Labute approximate surface area is 116 Å². The van der Waals surface area contributed by atoms with Gasteiger partial charge in [-0.05, 0) is 12.1 Å². The number of pyridine rings is 1. The summed E-state index contributed by atoms with van der Waals surface area (Å²) in [7, 11) is 0. The molecule has 0 aliphatic heterocycles. The zero-order valence-electron chi connectivity index (χ0n) is 10.2. The van der Waals surface area contributed by atoms with E-state index < -0.39 is 32.9 Å². The van der Waals surface area contributed by atoms with Gasteiger partial charge in [0, 0.05) is 12.1 Å². The van der Waals surface area contributed by atoms with E-state index in [1.54, 1.807) is 0 Å². The molecule has 0 radical (unpaired) electrons. The van der Waals surface area contributed by atoms with Crippen LogP contribution in [0.2, 0.25) is 0 Å². The highest BCUT2D eigenvalue weighted by atomic mass is 19.1. The van der Waals surface area contributed by atoms with E-state index >= 15 is 0 Å². The quantitative estimate of drug-likeness (QED) is 0.675. The first-order valence-corrected chi connectivity index (χ1v) is 5.41. The smallest absolute Gasteiger partial charge is 0.314 e. The van der Waals surface area contributed by atoms with Crippen LogP contribution in [0.15, 0.2) is 30.3 Å². The number of hydrogen-bond acceptors (Lipinski definition) is 7. The Hall–Kier alpha value is -3.30. The summed E-state index contributed by atoms with van der Waals surface area (Å²) in [5, 5.41) is 21.4. The van der Waals surface area contributed by atoms with Gasteiger partial charge in [-0.3, -0.25) is 20.2 Å². The van der Waals surface area contributed by atoms with E-state index in [0.717, 1.165) is 24.3 Å². The van der Waals surface area contributed by atoms with Crippen molar-refractivity contribution < 1.29 is 19.0 Å². The molecule has 10 heteroatoms. The highest BCUT2D eigenvalue weighted by Crippen LogP contribution is 2.32. The first-order chi connectivity index (χ1) is 9.88. The van der Waals surface area contributed by atoms with Crippen molar-refractivity contribution in [2.75, 3.05) is 5.73 Å². The Kier molecular flexibility index (Phi) is 3.61. The number of hydrogen-bond donors (Lipinski definition) is 1. The second kappa shape index (κ2) is 5.36. The van der Waals surface area contributed by atoms with Crippen LogP contribution >= 0.6 is 0 Å². The fraction of sp³-hybridized carbons (Fsp3) is 0. The topological polar surface area (TPSA) is 134 Å². The maximum atomic E-state index is 13.0. The van der Waals surface area contributed by atoms with E-state index in [1.165, 1.54) is 0 Å². The average Bonchev–Trinajstić information content (AvgIpc) is 2.40. The molecule has 9 nitrogen and oxygen atoms in total. The van der Waals surface area contributed by atoms with Crippen LogP contribution in [0.1, 0.15) is 0 Å². The van der Waals surface area contributed by atoms with E-state index in [9.17, 15) is 24.6 Å². The molecule has 0 fully saturated rings. The number of nitrogens with two attached hydrogens (primary N) is 1. The minimum absolute atomic E-state index is 0.187. The molecule has 2 rings (SSSR count). The number of anilines is 1. The van der Waals surface area contributed by atoms with E-state index in [4.69, 9.17) is 10.5 Å². The Morgan fingerprint density at radius 1 is 1.10 bits per heavy atom. The van der Waals surface area contributed by atoms with Crippen LogP contribution in [-0.2, 0) is 0 Å². The van der Waals surface area contributed by atoms with E-state index in [0.29, 0.717) is 6.07 Å². The molecule has 1 aromatic heterocycles. The van der Waals surface area contributed by atoms with Gasteiger partial charge < -0.3 is 10.5 Å². The molecule has 0 unspecified atom stereocenters. The second-order valence-corrected chi connectivity index (χ2v) is 3.78. The molecule has 0 aliphatic rings. The SMILES string of the molecule is Nc1nc(Oc2ccc(F)cc2[N+](=O)[O-])ccc1[N+](=O)[O-]. The number of halogens is 1. The standard InChI is InChI=1S/C11H7FN4O5/c12-6-1-3-9(8(5-6)16(19)20)21-10-4-2-7(15(17)18)11(13)14-10/h1-5H,(H2,13,14).